The molecule has 2 aliphatic heterocycles. The smallest absolute Gasteiger partial charge is 0.223 e. The molecule has 4 rings (SSSR count). The third kappa shape index (κ3) is 4.79. The minimum Gasteiger partial charge on any atom is -0.486 e. The number of fused-ring (bicyclic) bond motifs is 1. The van der Waals surface area contributed by atoms with Gasteiger partial charge in [0.25, 0.3) is 0 Å². The summed E-state index contributed by atoms with van der Waals surface area (Å²) >= 11 is 0. The molecule has 29 heavy (non-hydrogen) atoms. The lowest BCUT2D eigenvalue weighted by molar-refractivity contribution is -0.131. The van der Waals surface area contributed by atoms with Crippen molar-refractivity contribution in [3.05, 3.63) is 53.8 Å². The van der Waals surface area contributed by atoms with Gasteiger partial charge in [-0.05, 0) is 30.3 Å². The second kappa shape index (κ2) is 9.13. The van der Waals surface area contributed by atoms with E-state index in [0.717, 1.165) is 35.8 Å². The molecule has 1 saturated heterocycles. The van der Waals surface area contributed by atoms with Crippen molar-refractivity contribution in [3.63, 3.8) is 0 Å². The molecule has 0 bridgehead atoms. The molecule has 0 unspecified atom stereocenters. The zero-order chi connectivity index (χ0) is 20.1. The summed E-state index contributed by atoms with van der Waals surface area (Å²) in [5.74, 6) is 1.51. The van der Waals surface area contributed by atoms with Crippen LogP contribution in [0.4, 0.5) is 10.1 Å². The van der Waals surface area contributed by atoms with Crippen molar-refractivity contribution in [2.24, 2.45) is 0 Å². The number of benzene rings is 2. The zero-order valence-corrected chi connectivity index (χ0v) is 16.4. The molecule has 6 nitrogen and oxygen atoms in total. The lowest BCUT2D eigenvalue weighted by Crippen LogP contribution is -2.49. The van der Waals surface area contributed by atoms with Gasteiger partial charge in [-0.25, -0.2) is 4.39 Å². The van der Waals surface area contributed by atoms with Crippen molar-refractivity contribution in [2.75, 3.05) is 50.8 Å². The van der Waals surface area contributed by atoms with Gasteiger partial charge in [0.05, 0.1) is 0 Å². The normalized spacial score (nSPS) is 16.0. The Morgan fingerprint density at radius 3 is 2.55 bits per heavy atom. The van der Waals surface area contributed by atoms with Gasteiger partial charge in [0.2, 0.25) is 5.91 Å². The van der Waals surface area contributed by atoms with Crippen molar-refractivity contribution in [3.8, 4) is 11.5 Å². The summed E-state index contributed by atoms with van der Waals surface area (Å²) in [5.41, 5.74) is 2.04. The predicted octanol–water partition coefficient (Wildman–Crippen LogP) is 2.43. The lowest BCUT2D eigenvalue weighted by atomic mass is 10.1. The predicted molar refractivity (Wildman–Crippen MR) is 109 cm³/mol. The van der Waals surface area contributed by atoms with E-state index in [1.807, 2.05) is 23.1 Å². The van der Waals surface area contributed by atoms with E-state index in [2.05, 4.69) is 10.2 Å². The van der Waals surface area contributed by atoms with Crippen molar-refractivity contribution in [1.29, 1.82) is 0 Å². The van der Waals surface area contributed by atoms with Gasteiger partial charge in [-0.3, -0.25) is 4.79 Å². The van der Waals surface area contributed by atoms with Crippen LogP contribution in [-0.4, -0.2) is 56.7 Å². The Kier molecular flexibility index (Phi) is 6.14. The summed E-state index contributed by atoms with van der Waals surface area (Å²) in [6.45, 7) is 5.29. The van der Waals surface area contributed by atoms with E-state index in [0.29, 0.717) is 45.8 Å². The zero-order valence-electron chi connectivity index (χ0n) is 16.4. The molecule has 2 aromatic carbocycles. The molecule has 1 amide bonds. The Morgan fingerprint density at radius 2 is 1.76 bits per heavy atom. The summed E-state index contributed by atoms with van der Waals surface area (Å²) < 4.78 is 24.4. The summed E-state index contributed by atoms with van der Waals surface area (Å²) in [7, 11) is 0. The summed E-state index contributed by atoms with van der Waals surface area (Å²) in [5, 5.41) is 3.33. The standard InChI is InChI=1S/C22H26FN3O3/c23-18-4-6-19(7-5-18)25-10-12-26(13-11-25)21(27)8-9-24-16-17-2-1-3-20-22(17)29-15-14-28-20/h1-7,24H,8-16H2. The summed E-state index contributed by atoms with van der Waals surface area (Å²) in [4.78, 5) is 16.6. The molecule has 0 saturated carbocycles. The highest BCUT2D eigenvalue weighted by Gasteiger charge is 2.21. The highest BCUT2D eigenvalue weighted by Crippen LogP contribution is 2.33. The Balaban J connectivity index is 1.20. The van der Waals surface area contributed by atoms with Gasteiger partial charge in [0, 0.05) is 56.9 Å². The van der Waals surface area contributed by atoms with Crippen LogP contribution in [0.1, 0.15) is 12.0 Å². The van der Waals surface area contributed by atoms with E-state index < -0.39 is 0 Å². The number of anilines is 1. The third-order valence-electron chi connectivity index (χ3n) is 5.30. The highest BCUT2D eigenvalue weighted by molar-refractivity contribution is 5.76. The first kappa shape index (κ1) is 19.5. The Hall–Kier alpha value is -2.80. The molecule has 0 radical (unpaired) electrons. The Bertz CT molecular complexity index is 836. The second-order valence-electron chi connectivity index (χ2n) is 7.21. The van der Waals surface area contributed by atoms with Crippen LogP contribution < -0.4 is 19.7 Å². The van der Waals surface area contributed by atoms with E-state index in [9.17, 15) is 9.18 Å². The average molecular weight is 399 g/mol. The van der Waals surface area contributed by atoms with Crippen LogP contribution in [0.15, 0.2) is 42.5 Å². The van der Waals surface area contributed by atoms with Crippen molar-refractivity contribution in [2.45, 2.75) is 13.0 Å². The van der Waals surface area contributed by atoms with Gasteiger partial charge in [-0.1, -0.05) is 12.1 Å². The molecule has 0 aromatic heterocycles. The van der Waals surface area contributed by atoms with Crippen molar-refractivity contribution in [1.82, 2.24) is 10.2 Å². The number of ether oxygens (including phenoxy) is 2. The first-order valence-electron chi connectivity index (χ1n) is 10.1. The highest BCUT2D eigenvalue weighted by atomic mass is 19.1. The summed E-state index contributed by atoms with van der Waals surface area (Å²) in [6, 6.07) is 12.4. The van der Waals surface area contributed by atoms with Crippen LogP contribution in [0, 0.1) is 5.82 Å². The van der Waals surface area contributed by atoms with E-state index in [4.69, 9.17) is 9.47 Å². The molecular formula is C22H26FN3O3. The lowest BCUT2D eigenvalue weighted by Gasteiger charge is -2.36. The van der Waals surface area contributed by atoms with Crippen molar-refractivity contribution < 1.29 is 18.7 Å². The first-order chi connectivity index (χ1) is 14.2. The molecular weight excluding hydrogens is 373 g/mol. The van der Waals surface area contributed by atoms with Gasteiger partial charge < -0.3 is 24.6 Å². The number of carbonyl (C=O) groups is 1. The monoisotopic (exact) mass is 399 g/mol. The number of para-hydroxylation sites is 1. The van der Waals surface area contributed by atoms with Gasteiger partial charge in [0.15, 0.2) is 11.5 Å². The molecule has 0 spiro atoms. The number of amides is 1. The molecule has 2 heterocycles. The maximum atomic E-state index is 13.1. The third-order valence-corrected chi connectivity index (χ3v) is 5.30. The number of nitrogens with one attached hydrogen (secondary N) is 1. The fraction of sp³-hybridized carbons (Fsp3) is 0.409. The quantitative estimate of drug-likeness (QED) is 0.757. The van der Waals surface area contributed by atoms with Gasteiger partial charge in [-0.15, -0.1) is 0 Å². The number of carbonyl (C=O) groups excluding carboxylic acids is 1. The minimum atomic E-state index is -0.231. The molecule has 0 aliphatic carbocycles. The summed E-state index contributed by atoms with van der Waals surface area (Å²) in [6.07, 6.45) is 0.461. The SMILES string of the molecule is O=C(CCNCc1cccc2c1OCCO2)N1CCN(c2ccc(F)cc2)CC1. The molecule has 2 aromatic rings. The first-order valence-corrected chi connectivity index (χ1v) is 10.1. The van der Waals surface area contributed by atoms with E-state index >= 15 is 0 Å². The number of nitrogens with zero attached hydrogens (tertiary/aromatic N) is 2. The second-order valence-corrected chi connectivity index (χ2v) is 7.21. The Morgan fingerprint density at radius 1 is 1.00 bits per heavy atom. The molecule has 1 N–H and O–H groups in total. The van der Waals surface area contributed by atoms with Gasteiger partial charge in [0.1, 0.15) is 19.0 Å². The van der Waals surface area contributed by atoms with Crippen LogP contribution in [0.5, 0.6) is 11.5 Å². The number of piperazine rings is 1. The molecule has 2 aliphatic rings. The van der Waals surface area contributed by atoms with Gasteiger partial charge >= 0.3 is 0 Å². The van der Waals surface area contributed by atoms with E-state index in [1.54, 1.807) is 12.1 Å². The average Bonchev–Trinajstić information content (AvgIpc) is 2.77. The molecule has 0 atom stereocenters. The minimum absolute atomic E-state index is 0.158. The number of halogens is 1. The molecule has 7 heteroatoms. The molecule has 154 valence electrons. The fourth-order valence-corrected chi connectivity index (χ4v) is 3.72. The number of hydrogen-bond donors (Lipinski definition) is 1. The van der Waals surface area contributed by atoms with Crippen LogP contribution in [0.2, 0.25) is 0 Å². The van der Waals surface area contributed by atoms with Gasteiger partial charge in [-0.2, -0.15) is 0 Å². The van der Waals surface area contributed by atoms with E-state index in [1.165, 1.54) is 12.1 Å². The Labute approximate surface area is 170 Å². The number of rotatable bonds is 6. The number of hydrogen-bond acceptors (Lipinski definition) is 5. The van der Waals surface area contributed by atoms with Crippen molar-refractivity contribution >= 4 is 11.6 Å². The largest absolute Gasteiger partial charge is 0.486 e. The van der Waals surface area contributed by atoms with Crippen LogP contribution in [0.25, 0.3) is 0 Å². The van der Waals surface area contributed by atoms with Crippen LogP contribution >= 0.6 is 0 Å². The fourth-order valence-electron chi connectivity index (χ4n) is 3.72. The maximum Gasteiger partial charge on any atom is 0.223 e. The van der Waals surface area contributed by atoms with Crippen LogP contribution in [-0.2, 0) is 11.3 Å². The van der Waals surface area contributed by atoms with Crippen LogP contribution in [0.3, 0.4) is 0 Å². The topological polar surface area (TPSA) is 54.0 Å². The molecule has 1 fully saturated rings. The maximum absolute atomic E-state index is 13.1. The van der Waals surface area contributed by atoms with E-state index in [-0.39, 0.29) is 11.7 Å².